The molecule has 144 valence electrons. The van der Waals surface area contributed by atoms with Crippen molar-refractivity contribution < 1.29 is 9.53 Å². The Balaban J connectivity index is 1.49. The van der Waals surface area contributed by atoms with Crippen molar-refractivity contribution in [2.75, 3.05) is 11.9 Å². The summed E-state index contributed by atoms with van der Waals surface area (Å²) >= 11 is 6.10. The van der Waals surface area contributed by atoms with Crippen LogP contribution in [0.2, 0.25) is 5.02 Å². The van der Waals surface area contributed by atoms with Crippen molar-refractivity contribution in [2.24, 2.45) is 0 Å². The van der Waals surface area contributed by atoms with E-state index in [9.17, 15) is 4.79 Å². The van der Waals surface area contributed by atoms with Gasteiger partial charge in [-0.1, -0.05) is 60.1 Å². The predicted octanol–water partition coefficient (Wildman–Crippen LogP) is 4.61. The summed E-state index contributed by atoms with van der Waals surface area (Å²) in [6.07, 6.45) is 2.97. The van der Waals surface area contributed by atoms with E-state index in [1.165, 1.54) is 6.33 Å². The molecule has 1 heterocycles. The van der Waals surface area contributed by atoms with Crippen LogP contribution in [0, 0.1) is 0 Å². The van der Waals surface area contributed by atoms with Gasteiger partial charge in [0, 0.05) is 10.6 Å². The van der Waals surface area contributed by atoms with Crippen LogP contribution in [-0.2, 0) is 4.79 Å². The molecule has 0 saturated heterocycles. The van der Waals surface area contributed by atoms with Crippen LogP contribution in [0.3, 0.4) is 0 Å². The Morgan fingerprint density at radius 3 is 2.62 bits per heavy atom. The fraction of sp³-hybridized carbons (Fsp3) is 0.0455. The summed E-state index contributed by atoms with van der Waals surface area (Å²) in [6.45, 7) is -0.146. The highest BCUT2D eigenvalue weighted by Gasteiger charge is 2.12. The van der Waals surface area contributed by atoms with Gasteiger partial charge in [-0.2, -0.15) is 5.10 Å². The van der Waals surface area contributed by atoms with Crippen molar-refractivity contribution in [2.45, 2.75) is 0 Å². The minimum atomic E-state index is -0.309. The van der Waals surface area contributed by atoms with E-state index >= 15 is 0 Å². The molecule has 4 rings (SSSR count). The SMILES string of the molecule is O=C(COc1ccccc1-c1ccccc1)Nc1cc(Cl)ccc1-n1cncn1. The van der Waals surface area contributed by atoms with Crippen LogP contribution in [0.25, 0.3) is 16.8 Å². The fourth-order valence-corrected chi connectivity index (χ4v) is 3.09. The summed E-state index contributed by atoms with van der Waals surface area (Å²) in [5.41, 5.74) is 3.12. The lowest BCUT2D eigenvalue weighted by atomic mass is 10.1. The number of nitrogens with zero attached hydrogens (tertiary/aromatic N) is 3. The van der Waals surface area contributed by atoms with Gasteiger partial charge in [0.1, 0.15) is 18.4 Å². The zero-order valence-corrected chi connectivity index (χ0v) is 16.1. The number of para-hydroxylation sites is 1. The van der Waals surface area contributed by atoms with E-state index in [4.69, 9.17) is 16.3 Å². The first-order valence-electron chi connectivity index (χ1n) is 8.92. The van der Waals surface area contributed by atoms with Crippen molar-refractivity contribution in [3.63, 3.8) is 0 Å². The molecule has 0 aliphatic carbocycles. The van der Waals surface area contributed by atoms with E-state index in [1.54, 1.807) is 29.2 Å². The van der Waals surface area contributed by atoms with Crippen LogP contribution in [0.4, 0.5) is 5.69 Å². The third-order valence-corrected chi connectivity index (χ3v) is 4.46. The molecular formula is C22H17ClN4O2. The molecule has 1 aromatic heterocycles. The average Bonchev–Trinajstić information content (AvgIpc) is 3.28. The van der Waals surface area contributed by atoms with Gasteiger partial charge in [0.15, 0.2) is 6.61 Å². The molecule has 0 saturated carbocycles. The lowest BCUT2D eigenvalue weighted by molar-refractivity contribution is -0.118. The molecule has 7 heteroatoms. The maximum atomic E-state index is 12.5. The zero-order chi connectivity index (χ0) is 20.1. The number of hydrogen-bond acceptors (Lipinski definition) is 4. The summed E-state index contributed by atoms with van der Waals surface area (Å²) < 4.78 is 7.36. The number of halogens is 1. The van der Waals surface area contributed by atoms with Gasteiger partial charge in [-0.05, 0) is 29.8 Å². The highest BCUT2D eigenvalue weighted by molar-refractivity contribution is 6.31. The molecule has 0 bridgehead atoms. The van der Waals surface area contributed by atoms with Crippen LogP contribution in [0.15, 0.2) is 85.5 Å². The second-order valence-electron chi connectivity index (χ2n) is 6.20. The number of nitrogens with one attached hydrogen (secondary N) is 1. The molecule has 6 nitrogen and oxygen atoms in total. The second kappa shape index (κ2) is 8.58. The number of rotatable bonds is 6. The highest BCUT2D eigenvalue weighted by atomic mass is 35.5. The minimum absolute atomic E-state index is 0.146. The van der Waals surface area contributed by atoms with Crippen molar-refractivity contribution in [1.82, 2.24) is 14.8 Å². The standard InChI is InChI=1S/C22H17ClN4O2/c23-17-10-11-20(27-15-24-14-25-27)19(12-17)26-22(28)13-29-21-9-5-4-8-18(21)16-6-2-1-3-7-16/h1-12,14-15H,13H2,(H,26,28). The first-order chi connectivity index (χ1) is 14.2. The summed E-state index contributed by atoms with van der Waals surface area (Å²) in [6, 6.07) is 22.6. The Kier molecular flexibility index (Phi) is 5.54. The number of anilines is 1. The van der Waals surface area contributed by atoms with Gasteiger partial charge in [-0.3, -0.25) is 4.79 Å². The third-order valence-electron chi connectivity index (χ3n) is 4.23. The molecule has 0 radical (unpaired) electrons. The van der Waals surface area contributed by atoms with E-state index in [-0.39, 0.29) is 12.5 Å². The molecule has 0 atom stereocenters. The topological polar surface area (TPSA) is 69.0 Å². The quantitative estimate of drug-likeness (QED) is 0.509. The molecule has 29 heavy (non-hydrogen) atoms. The average molecular weight is 405 g/mol. The van der Waals surface area contributed by atoms with Gasteiger partial charge >= 0.3 is 0 Å². The normalized spacial score (nSPS) is 10.5. The van der Waals surface area contributed by atoms with Crippen molar-refractivity contribution in [3.8, 4) is 22.6 Å². The van der Waals surface area contributed by atoms with Gasteiger partial charge < -0.3 is 10.1 Å². The van der Waals surface area contributed by atoms with E-state index in [2.05, 4.69) is 15.4 Å². The number of hydrogen-bond donors (Lipinski definition) is 1. The maximum Gasteiger partial charge on any atom is 0.262 e. The number of amides is 1. The van der Waals surface area contributed by atoms with E-state index in [0.29, 0.717) is 22.1 Å². The molecule has 1 amide bonds. The van der Waals surface area contributed by atoms with Crippen LogP contribution in [-0.4, -0.2) is 27.3 Å². The molecule has 4 aromatic rings. The molecule has 3 aromatic carbocycles. The highest BCUT2D eigenvalue weighted by Crippen LogP contribution is 2.29. The third kappa shape index (κ3) is 4.44. The summed E-state index contributed by atoms with van der Waals surface area (Å²) in [5, 5.41) is 7.43. The van der Waals surface area contributed by atoms with Crippen LogP contribution in [0.5, 0.6) is 5.75 Å². The predicted molar refractivity (Wildman–Crippen MR) is 112 cm³/mol. The van der Waals surface area contributed by atoms with Crippen LogP contribution in [0.1, 0.15) is 0 Å². The van der Waals surface area contributed by atoms with Gasteiger partial charge in [-0.15, -0.1) is 0 Å². The Bertz CT molecular complexity index is 1110. The Labute approximate surface area is 172 Å². The Morgan fingerprint density at radius 2 is 1.83 bits per heavy atom. The number of aromatic nitrogens is 3. The van der Waals surface area contributed by atoms with E-state index in [0.717, 1.165) is 11.1 Å². The van der Waals surface area contributed by atoms with Crippen molar-refractivity contribution in [1.29, 1.82) is 0 Å². The lowest BCUT2D eigenvalue weighted by Crippen LogP contribution is -2.21. The summed E-state index contributed by atoms with van der Waals surface area (Å²) in [4.78, 5) is 16.5. The maximum absolute atomic E-state index is 12.5. The van der Waals surface area contributed by atoms with Gasteiger partial charge in [-0.25, -0.2) is 9.67 Å². The number of ether oxygens (including phenoxy) is 1. The van der Waals surface area contributed by atoms with E-state index < -0.39 is 0 Å². The van der Waals surface area contributed by atoms with Crippen molar-refractivity contribution in [3.05, 3.63) is 90.5 Å². The second-order valence-corrected chi connectivity index (χ2v) is 6.64. The first kappa shape index (κ1) is 18.7. The van der Waals surface area contributed by atoms with E-state index in [1.807, 2.05) is 54.6 Å². The smallest absolute Gasteiger partial charge is 0.262 e. The van der Waals surface area contributed by atoms with Crippen LogP contribution >= 0.6 is 11.6 Å². The van der Waals surface area contributed by atoms with Crippen molar-refractivity contribution >= 4 is 23.2 Å². The largest absolute Gasteiger partial charge is 0.483 e. The van der Waals surface area contributed by atoms with Crippen LogP contribution < -0.4 is 10.1 Å². The molecule has 0 aliphatic heterocycles. The molecular weight excluding hydrogens is 388 g/mol. The number of carbonyl (C=O) groups excluding carboxylic acids is 1. The zero-order valence-electron chi connectivity index (χ0n) is 15.3. The fourth-order valence-electron chi connectivity index (χ4n) is 2.92. The molecule has 0 unspecified atom stereocenters. The molecule has 1 N–H and O–H groups in total. The summed E-state index contributed by atoms with van der Waals surface area (Å²) in [7, 11) is 0. The molecule has 0 fully saturated rings. The van der Waals surface area contributed by atoms with Gasteiger partial charge in [0.2, 0.25) is 0 Å². The van der Waals surface area contributed by atoms with Gasteiger partial charge in [0.05, 0.1) is 11.4 Å². The lowest BCUT2D eigenvalue weighted by Gasteiger charge is -2.14. The number of carbonyl (C=O) groups is 1. The molecule has 0 aliphatic rings. The number of benzene rings is 3. The Hall–Kier alpha value is -3.64. The first-order valence-corrected chi connectivity index (χ1v) is 9.30. The monoisotopic (exact) mass is 404 g/mol. The summed E-state index contributed by atoms with van der Waals surface area (Å²) in [5.74, 6) is 0.327. The van der Waals surface area contributed by atoms with Gasteiger partial charge in [0.25, 0.3) is 5.91 Å². The molecule has 0 spiro atoms. The Morgan fingerprint density at radius 1 is 1.03 bits per heavy atom. The minimum Gasteiger partial charge on any atom is -0.483 e.